The second-order valence-corrected chi connectivity index (χ2v) is 7.08. The highest BCUT2D eigenvalue weighted by molar-refractivity contribution is 5.81. The Morgan fingerprint density at radius 3 is 2.42 bits per heavy atom. The molecule has 110 valence electrons. The third-order valence-electron chi connectivity index (χ3n) is 5.86. The molecule has 2 rings (SSSR count). The van der Waals surface area contributed by atoms with Crippen LogP contribution in [0.3, 0.4) is 0 Å². The summed E-state index contributed by atoms with van der Waals surface area (Å²) in [4.78, 5) is 12.1. The number of fused-ring (bicyclic) bond motifs is 1. The van der Waals surface area contributed by atoms with Crippen LogP contribution in [-0.2, 0) is 4.79 Å². The standard InChI is InChI=1S/C17H31NO/c1-3-5-13-9-10-17(16(18)19)12-14(6-4-2)7-8-15(17)11-13/h13-15H,3-12H2,1-2H3,(H2,18,19). The minimum atomic E-state index is -0.137. The third kappa shape index (κ3) is 2.98. The Labute approximate surface area is 118 Å². The number of amides is 1. The van der Waals surface area contributed by atoms with Gasteiger partial charge in [-0.05, 0) is 49.9 Å². The Hall–Kier alpha value is -0.530. The third-order valence-corrected chi connectivity index (χ3v) is 5.86. The summed E-state index contributed by atoms with van der Waals surface area (Å²) in [7, 11) is 0. The van der Waals surface area contributed by atoms with E-state index in [9.17, 15) is 4.79 Å². The normalized spacial score (nSPS) is 38.7. The minimum Gasteiger partial charge on any atom is -0.369 e. The Bertz CT molecular complexity index is 314. The number of primary amides is 1. The molecule has 19 heavy (non-hydrogen) atoms. The van der Waals surface area contributed by atoms with Gasteiger partial charge in [0.1, 0.15) is 0 Å². The Kier molecular flexibility index (Phi) is 4.92. The number of carbonyl (C=O) groups is 1. The van der Waals surface area contributed by atoms with Gasteiger partial charge in [-0.2, -0.15) is 0 Å². The van der Waals surface area contributed by atoms with E-state index >= 15 is 0 Å². The number of carbonyl (C=O) groups excluding carboxylic acids is 1. The van der Waals surface area contributed by atoms with Crippen molar-refractivity contribution >= 4 is 5.91 Å². The maximum atomic E-state index is 12.1. The molecule has 4 atom stereocenters. The molecule has 0 radical (unpaired) electrons. The molecule has 0 heterocycles. The summed E-state index contributed by atoms with van der Waals surface area (Å²) < 4.78 is 0. The van der Waals surface area contributed by atoms with Crippen molar-refractivity contribution in [3.8, 4) is 0 Å². The molecule has 0 aliphatic heterocycles. The van der Waals surface area contributed by atoms with Crippen molar-refractivity contribution in [1.82, 2.24) is 0 Å². The number of hydrogen-bond donors (Lipinski definition) is 1. The molecule has 0 bridgehead atoms. The van der Waals surface area contributed by atoms with E-state index in [-0.39, 0.29) is 11.3 Å². The zero-order valence-electron chi connectivity index (χ0n) is 12.8. The van der Waals surface area contributed by atoms with Gasteiger partial charge in [0.15, 0.2) is 0 Å². The largest absolute Gasteiger partial charge is 0.369 e. The van der Waals surface area contributed by atoms with E-state index in [0.29, 0.717) is 5.92 Å². The zero-order valence-corrected chi connectivity index (χ0v) is 12.8. The SMILES string of the molecule is CCCC1CCC2(C(N)=O)CC(CCC)CCC2C1. The lowest BCUT2D eigenvalue weighted by atomic mass is 9.54. The molecule has 4 unspecified atom stereocenters. The predicted molar refractivity (Wildman–Crippen MR) is 79.6 cm³/mol. The summed E-state index contributed by atoms with van der Waals surface area (Å²) in [6.07, 6.45) is 12.3. The van der Waals surface area contributed by atoms with Gasteiger partial charge in [0.05, 0.1) is 5.41 Å². The fourth-order valence-electron chi connectivity index (χ4n) is 4.88. The lowest BCUT2D eigenvalue weighted by molar-refractivity contribution is -0.139. The van der Waals surface area contributed by atoms with Crippen LogP contribution in [0.25, 0.3) is 0 Å². The van der Waals surface area contributed by atoms with Crippen LogP contribution in [-0.4, -0.2) is 5.91 Å². The molecular weight excluding hydrogens is 234 g/mol. The Balaban J connectivity index is 2.08. The van der Waals surface area contributed by atoms with Crippen LogP contribution in [0.2, 0.25) is 0 Å². The first-order valence-corrected chi connectivity index (χ1v) is 8.42. The van der Waals surface area contributed by atoms with Crippen molar-refractivity contribution in [3.05, 3.63) is 0 Å². The topological polar surface area (TPSA) is 43.1 Å². The highest BCUT2D eigenvalue weighted by atomic mass is 16.1. The molecule has 0 spiro atoms. The van der Waals surface area contributed by atoms with Crippen molar-refractivity contribution in [2.24, 2.45) is 28.9 Å². The first-order chi connectivity index (χ1) is 9.12. The fraction of sp³-hybridized carbons (Fsp3) is 0.941. The summed E-state index contributed by atoms with van der Waals surface area (Å²) in [5.74, 6) is 2.19. The maximum Gasteiger partial charge on any atom is 0.223 e. The van der Waals surface area contributed by atoms with E-state index < -0.39 is 0 Å². The quantitative estimate of drug-likeness (QED) is 0.792. The second-order valence-electron chi connectivity index (χ2n) is 7.08. The summed E-state index contributed by atoms with van der Waals surface area (Å²) in [5.41, 5.74) is 5.71. The average molecular weight is 265 g/mol. The van der Waals surface area contributed by atoms with E-state index in [1.165, 1.54) is 51.4 Å². The van der Waals surface area contributed by atoms with E-state index in [1.54, 1.807) is 0 Å². The Morgan fingerprint density at radius 1 is 1.11 bits per heavy atom. The van der Waals surface area contributed by atoms with Crippen LogP contribution >= 0.6 is 0 Å². The fourth-order valence-corrected chi connectivity index (χ4v) is 4.88. The lowest BCUT2D eigenvalue weighted by Gasteiger charge is -2.50. The molecule has 2 nitrogen and oxygen atoms in total. The molecule has 2 aliphatic carbocycles. The van der Waals surface area contributed by atoms with Crippen molar-refractivity contribution in [2.45, 2.75) is 78.1 Å². The number of rotatable bonds is 5. The summed E-state index contributed by atoms with van der Waals surface area (Å²) in [6.45, 7) is 4.52. The van der Waals surface area contributed by atoms with Crippen LogP contribution in [0, 0.1) is 23.2 Å². The molecule has 0 aromatic carbocycles. The van der Waals surface area contributed by atoms with Crippen molar-refractivity contribution in [2.75, 3.05) is 0 Å². The minimum absolute atomic E-state index is 0.00764. The molecule has 0 aromatic heterocycles. The van der Waals surface area contributed by atoms with Crippen molar-refractivity contribution < 1.29 is 4.79 Å². The van der Waals surface area contributed by atoms with Crippen LogP contribution in [0.15, 0.2) is 0 Å². The first kappa shape index (κ1) is 14.9. The summed E-state index contributed by atoms with van der Waals surface area (Å²) >= 11 is 0. The molecule has 1 amide bonds. The van der Waals surface area contributed by atoms with Gasteiger partial charge in [0.2, 0.25) is 5.91 Å². The molecular formula is C17H31NO. The van der Waals surface area contributed by atoms with E-state index in [4.69, 9.17) is 5.73 Å². The highest BCUT2D eigenvalue weighted by Crippen LogP contribution is 2.54. The molecule has 2 N–H and O–H groups in total. The summed E-state index contributed by atoms with van der Waals surface area (Å²) in [5, 5.41) is 0. The molecule has 2 fully saturated rings. The van der Waals surface area contributed by atoms with Crippen LogP contribution in [0.1, 0.15) is 78.1 Å². The van der Waals surface area contributed by atoms with Gasteiger partial charge in [-0.15, -0.1) is 0 Å². The number of nitrogens with two attached hydrogens (primary N) is 1. The predicted octanol–water partition coefficient (Wildman–Crippen LogP) is 4.27. The Morgan fingerprint density at radius 2 is 1.79 bits per heavy atom. The molecule has 2 heteroatoms. The second kappa shape index (κ2) is 6.28. The highest BCUT2D eigenvalue weighted by Gasteiger charge is 2.50. The monoisotopic (exact) mass is 265 g/mol. The van der Waals surface area contributed by atoms with Gasteiger partial charge in [0.25, 0.3) is 0 Å². The van der Waals surface area contributed by atoms with E-state index in [1.807, 2.05) is 0 Å². The lowest BCUT2D eigenvalue weighted by Crippen LogP contribution is -2.50. The molecule has 0 saturated heterocycles. The van der Waals surface area contributed by atoms with Crippen LogP contribution in [0.4, 0.5) is 0 Å². The van der Waals surface area contributed by atoms with Gasteiger partial charge in [0, 0.05) is 0 Å². The number of hydrogen-bond acceptors (Lipinski definition) is 1. The summed E-state index contributed by atoms with van der Waals surface area (Å²) in [6, 6.07) is 0. The molecule has 2 saturated carbocycles. The van der Waals surface area contributed by atoms with Crippen molar-refractivity contribution in [3.63, 3.8) is 0 Å². The average Bonchev–Trinajstić information content (AvgIpc) is 2.39. The first-order valence-electron chi connectivity index (χ1n) is 8.42. The van der Waals surface area contributed by atoms with Crippen molar-refractivity contribution in [1.29, 1.82) is 0 Å². The molecule has 2 aliphatic rings. The van der Waals surface area contributed by atoms with Gasteiger partial charge in [-0.3, -0.25) is 4.79 Å². The smallest absolute Gasteiger partial charge is 0.223 e. The maximum absolute atomic E-state index is 12.1. The zero-order chi connectivity index (χ0) is 13.9. The van der Waals surface area contributed by atoms with Crippen LogP contribution < -0.4 is 5.73 Å². The van der Waals surface area contributed by atoms with Gasteiger partial charge in [-0.25, -0.2) is 0 Å². The van der Waals surface area contributed by atoms with E-state index in [2.05, 4.69) is 13.8 Å². The van der Waals surface area contributed by atoms with Gasteiger partial charge in [-0.1, -0.05) is 46.0 Å². The van der Waals surface area contributed by atoms with Gasteiger partial charge >= 0.3 is 0 Å². The van der Waals surface area contributed by atoms with Crippen LogP contribution in [0.5, 0.6) is 0 Å². The van der Waals surface area contributed by atoms with Gasteiger partial charge < -0.3 is 5.73 Å². The van der Waals surface area contributed by atoms with E-state index in [0.717, 1.165) is 24.7 Å². The molecule has 0 aromatic rings.